The van der Waals surface area contributed by atoms with Gasteiger partial charge in [0.2, 0.25) is 0 Å². The van der Waals surface area contributed by atoms with Crippen LogP contribution in [0, 0.1) is 0 Å². The summed E-state index contributed by atoms with van der Waals surface area (Å²) in [5.41, 5.74) is 2.29. The summed E-state index contributed by atoms with van der Waals surface area (Å²) >= 11 is 6.24. The Morgan fingerprint density at radius 2 is 2.05 bits per heavy atom. The zero-order chi connectivity index (χ0) is 15.3. The molecule has 4 rings (SSSR count). The van der Waals surface area contributed by atoms with Crippen LogP contribution in [-0.2, 0) is 22.8 Å². The summed E-state index contributed by atoms with van der Waals surface area (Å²) in [5, 5.41) is 0.744. The predicted molar refractivity (Wildman–Crippen MR) is 86.3 cm³/mol. The Bertz CT molecular complexity index is 700. The Hall–Kier alpha value is -0.780. The van der Waals surface area contributed by atoms with Gasteiger partial charge in [-0.2, -0.15) is 0 Å². The molecule has 0 radical (unpaired) electrons. The molecule has 0 aromatic heterocycles. The van der Waals surface area contributed by atoms with Gasteiger partial charge in [-0.1, -0.05) is 11.6 Å². The molecule has 0 amide bonds. The molecule has 3 aliphatic rings. The first-order valence-electron chi connectivity index (χ1n) is 7.92. The molecule has 1 saturated heterocycles. The van der Waals surface area contributed by atoms with Gasteiger partial charge in [0.25, 0.3) is 0 Å². The highest BCUT2D eigenvalue weighted by molar-refractivity contribution is 7.91. The van der Waals surface area contributed by atoms with Gasteiger partial charge in [-0.05, 0) is 37.0 Å². The minimum absolute atomic E-state index is 0.147. The molecule has 2 fully saturated rings. The lowest BCUT2D eigenvalue weighted by Crippen LogP contribution is -2.37. The number of fused-ring (bicyclic) bond motifs is 1. The summed E-state index contributed by atoms with van der Waals surface area (Å²) in [4.78, 5) is 2.37. The van der Waals surface area contributed by atoms with E-state index in [4.69, 9.17) is 16.3 Å². The Morgan fingerprint density at radius 3 is 2.73 bits per heavy atom. The molecular formula is C16H20ClNO3S. The monoisotopic (exact) mass is 341 g/mol. The summed E-state index contributed by atoms with van der Waals surface area (Å²) in [7, 11) is -2.86. The lowest BCUT2D eigenvalue weighted by Gasteiger charge is -2.28. The summed E-state index contributed by atoms with van der Waals surface area (Å²) in [6, 6.07) is 4.63. The minimum Gasteiger partial charge on any atom is -0.493 e. The van der Waals surface area contributed by atoms with Crippen molar-refractivity contribution in [3.63, 3.8) is 0 Å². The number of hydrogen-bond acceptors (Lipinski definition) is 4. The third-order valence-electron chi connectivity index (χ3n) is 4.87. The van der Waals surface area contributed by atoms with Crippen LogP contribution in [0.15, 0.2) is 12.1 Å². The van der Waals surface area contributed by atoms with Crippen LogP contribution in [0.3, 0.4) is 0 Å². The smallest absolute Gasteiger partial charge is 0.151 e. The van der Waals surface area contributed by atoms with Gasteiger partial charge in [0.1, 0.15) is 5.75 Å². The molecule has 4 nitrogen and oxygen atoms in total. The average Bonchev–Trinajstić information content (AvgIpc) is 3.07. The van der Waals surface area contributed by atoms with E-state index in [9.17, 15) is 8.42 Å². The number of hydrogen-bond donors (Lipinski definition) is 0. The van der Waals surface area contributed by atoms with E-state index in [-0.39, 0.29) is 6.04 Å². The van der Waals surface area contributed by atoms with Gasteiger partial charge in [0.15, 0.2) is 9.84 Å². The van der Waals surface area contributed by atoms with E-state index in [1.54, 1.807) is 0 Å². The van der Waals surface area contributed by atoms with Gasteiger partial charge in [0, 0.05) is 35.6 Å². The van der Waals surface area contributed by atoms with Crippen LogP contribution in [0.25, 0.3) is 0 Å². The van der Waals surface area contributed by atoms with E-state index < -0.39 is 9.84 Å². The maximum atomic E-state index is 11.8. The summed E-state index contributed by atoms with van der Waals surface area (Å²) in [6.45, 7) is 1.46. The van der Waals surface area contributed by atoms with Crippen LogP contribution in [0.4, 0.5) is 0 Å². The zero-order valence-corrected chi connectivity index (χ0v) is 14.0. The molecule has 1 aromatic carbocycles. The van der Waals surface area contributed by atoms with Crippen LogP contribution in [-0.4, -0.2) is 43.5 Å². The zero-order valence-electron chi connectivity index (χ0n) is 12.4. The number of benzene rings is 1. The quantitative estimate of drug-likeness (QED) is 0.844. The molecule has 22 heavy (non-hydrogen) atoms. The molecule has 1 atom stereocenters. The second-order valence-electron chi connectivity index (χ2n) is 6.61. The molecule has 1 aromatic rings. The maximum absolute atomic E-state index is 11.8. The number of sulfone groups is 1. The first-order valence-corrected chi connectivity index (χ1v) is 10.1. The van der Waals surface area contributed by atoms with Crippen molar-refractivity contribution in [2.75, 3.05) is 18.1 Å². The minimum atomic E-state index is -2.86. The largest absolute Gasteiger partial charge is 0.493 e. The molecule has 120 valence electrons. The molecule has 1 saturated carbocycles. The van der Waals surface area contributed by atoms with Gasteiger partial charge in [-0.25, -0.2) is 8.42 Å². The van der Waals surface area contributed by atoms with E-state index >= 15 is 0 Å². The van der Waals surface area contributed by atoms with Crippen molar-refractivity contribution in [3.8, 4) is 5.75 Å². The first-order chi connectivity index (χ1) is 10.5. The van der Waals surface area contributed by atoms with Crippen LogP contribution >= 0.6 is 11.6 Å². The number of halogens is 1. The summed E-state index contributed by atoms with van der Waals surface area (Å²) < 4.78 is 29.4. The SMILES string of the molecule is O=S1(=O)CCC(N(Cc2cc(Cl)cc3c2OCC3)C2CC2)C1. The standard InChI is InChI=1S/C16H20ClNO3S/c17-13-7-11-3-5-21-16(11)12(8-13)9-18(14-1-2-14)15-4-6-22(19,20)10-15/h7-8,14-15H,1-6,9-10H2. The van der Waals surface area contributed by atoms with Gasteiger partial charge < -0.3 is 4.74 Å². The van der Waals surface area contributed by atoms with E-state index in [0.29, 0.717) is 24.2 Å². The van der Waals surface area contributed by atoms with Crippen molar-refractivity contribution in [2.45, 2.75) is 44.3 Å². The van der Waals surface area contributed by atoms with Crippen LogP contribution in [0.1, 0.15) is 30.4 Å². The van der Waals surface area contributed by atoms with Gasteiger partial charge in [0.05, 0.1) is 18.1 Å². The molecule has 2 aliphatic heterocycles. The van der Waals surface area contributed by atoms with Crippen molar-refractivity contribution in [3.05, 3.63) is 28.3 Å². The molecule has 1 unspecified atom stereocenters. The lowest BCUT2D eigenvalue weighted by molar-refractivity contribution is 0.190. The Labute approximate surface area is 136 Å². The first kappa shape index (κ1) is 14.8. The predicted octanol–water partition coefficient (Wildman–Crippen LogP) is 2.43. The van der Waals surface area contributed by atoms with Gasteiger partial charge in [-0.15, -0.1) is 0 Å². The second-order valence-corrected chi connectivity index (χ2v) is 9.28. The highest BCUT2D eigenvalue weighted by atomic mass is 35.5. The van der Waals surface area contributed by atoms with E-state index in [1.165, 1.54) is 18.4 Å². The fraction of sp³-hybridized carbons (Fsp3) is 0.625. The average molecular weight is 342 g/mol. The Morgan fingerprint density at radius 1 is 1.23 bits per heavy atom. The fourth-order valence-electron chi connectivity index (χ4n) is 3.66. The van der Waals surface area contributed by atoms with Crippen LogP contribution in [0.5, 0.6) is 5.75 Å². The molecular weight excluding hydrogens is 322 g/mol. The van der Waals surface area contributed by atoms with Crippen molar-refractivity contribution < 1.29 is 13.2 Å². The van der Waals surface area contributed by atoms with Crippen molar-refractivity contribution in [1.29, 1.82) is 0 Å². The van der Waals surface area contributed by atoms with Gasteiger partial charge in [-0.3, -0.25) is 4.90 Å². The third-order valence-corrected chi connectivity index (χ3v) is 6.84. The van der Waals surface area contributed by atoms with Crippen molar-refractivity contribution in [1.82, 2.24) is 4.90 Å². The molecule has 2 heterocycles. The molecule has 0 bridgehead atoms. The second kappa shape index (κ2) is 5.39. The normalized spacial score (nSPS) is 26.2. The van der Waals surface area contributed by atoms with Crippen LogP contribution in [0.2, 0.25) is 5.02 Å². The highest BCUT2D eigenvalue weighted by Gasteiger charge is 2.40. The molecule has 6 heteroatoms. The maximum Gasteiger partial charge on any atom is 0.151 e. The lowest BCUT2D eigenvalue weighted by atomic mass is 10.1. The summed E-state index contributed by atoms with van der Waals surface area (Å²) in [6.07, 6.45) is 3.99. The Kier molecular flexibility index (Phi) is 3.62. The van der Waals surface area contributed by atoms with E-state index in [0.717, 1.165) is 35.7 Å². The molecule has 1 aliphatic carbocycles. The molecule has 0 N–H and O–H groups in total. The van der Waals surface area contributed by atoms with Crippen molar-refractivity contribution in [2.24, 2.45) is 0 Å². The summed E-state index contributed by atoms with van der Waals surface area (Å²) in [5.74, 6) is 1.59. The highest BCUT2D eigenvalue weighted by Crippen LogP contribution is 2.38. The van der Waals surface area contributed by atoms with Crippen molar-refractivity contribution >= 4 is 21.4 Å². The number of rotatable bonds is 4. The molecule has 0 spiro atoms. The van der Waals surface area contributed by atoms with E-state index in [2.05, 4.69) is 4.90 Å². The number of ether oxygens (including phenoxy) is 1. The third kappa shape index (κ3) is 2.86. The fourth-order valence-corrected chi connectivity index (χ4v) is 5.67. The van der Waals surface area contributed by atoms with Crippen LogP contribution < -0.4 is 4.74 Å². The number of nitrogens with zero attached hydrogens (tertiary/aromatic N) is 1. The topological polar surface area (TPSA) is 46.6 Å². The van der Waals surface area contributed by atoms with Gasteiger partial charge >= 0.3 is 0 Å². The van der Waals surface area contributed by atoms with E-state index in [1.807, 2.05) is 12.1 Å². The Balaban J connectivity index is 1.61.